The highest BCUT2D eigenvalue weighted by Gasteiger charge is 2.73. The third-order valence-electron chi connectivity index (χ3n) is 12.0. The van der Waals surface area contributed by atoms with Crippen LogP contribution in [0.3, 0.4) is 0 Å². The molecule has 4 aliphatic carbocycles. The molecule has 0 aromatic rings. The lowest BCUT2D eigenvalue weighted by Crippen LogP contribution is -2.69. The Morgan fingerprint density at radius 1 is 1.00 bits per heavy atom. The van der Waals surface area contributed by atoms with Gasteiger partial charge in [0.05, 0.1) is 35.4 Å². The third-order valence-corrected chi connectivity index (χ3v) is 12.0. The van der Waals surface area contributed by atoms with Gasteiger partial charge >= 0.3 is 5.97 Å². The monoisotopic (exact) mass is 582 g/mol. The highest BCUT2D eigenvalue weighted by atomic mass is 16.7. The molecule has 0 amide bonds. The molecule has 230 valence electrons. The zero-order chi connectivity index (χ0) is 29.5. The van der Waals surface area contributed by atoms with E-state index in [1.165, 1.54) is 6.08 Å². The molecule has 1 saturated heterocycles. The van der Waals surface area contributed by atoms with Crippen molar-refractivity contribution in [3.8, 4) is 0 Å². The molecule has 4 saturated carbocycles. The predicted octanol–water partition coefficient (Wildman–Crippen LogP) is -1.31. The number of esters is 1. The van der Waals surface area contributed by atoms with Crippen molar-refractivity contribution in [2.45, 2.75) is 112 Å². The van der Waals surface area contributed by atoms with Crippen molar-refractivity contribution in [1.29, 1.82) is 0 Å². The van der Waals surface area contributed by atoms with E-state index in [9.17, 15) is 45.3 Å². The summed E-state index contributed by atoms with van der Waals surface area (Å²) in [5, 5.41) is 75.8. The maximum atomic E-state index is 13.0. The van der Waals surface area contributed by atoms with E-state index in [0.717, 1.165) is 6.29 Å². The Hall–Kier alpha value is -1.48. The number of hydrogen-bond acceptors (Lipinski definition) is 12. The molecule has 2 heterocycles. The van der Waals surface area contributed by atoms with E-state index in [0.29, 0.717) is 31.3 Å². The summed E-state index contributed by atoms with van der Waals surface area (Å²) in [6, 6.07) is 0. The van der Waals surface area contributed by atoms with Crippen LogP contribution in [-0.2, 0) is 23.8 Å². The van der Waals surface area contributed by atoms with Gasteiger partial charge in [-0.05, 0) is 55.9 Å². The summed E-state index contributed by atoms with van der Waals surface area (Å²) in [5.74, 6) is -1.60. The molecule has 0 unspecified atom stereocenters. The van der Waals surface area contributed by atoms with Crippen molar-refractivity contribution in [1.82, 2.24) is 0 Å². The van der Waals surface area contributed by atoms with Crippen LogP contribution in [-0.4, -0.2) is 115 Å². The SMILES string of the molecule is C[C@]12CC[C@H]3[C@@H](CC[C@]4(O)C[C@@H](O[C@@H]5O[C@H](CO)[C@@H](O)[C@H](O)[C@H]5O)CC[C@]34C=O)[C@@]1(O)C[C@H](O)[C@H]2C1=CC(=O)OC1. The topological polar surface area (TPSA) is 203 Å². The number of carbonyl (C=O) groups is 2. The van der Waals surface area contributed by atoms with Crippen LogP contribution < -0.4 is 0 Å². The number of carbonyl (C=O) groups excluding carboxylic acids is 2. The molecule has 0 aromatic carbocycles. The van der Waals surface area contributed by atoms with E-state index in [1.54, 1.807) is 0 Å². The second-order valence-corrected chi connectivity index (χ2v) is 13.6. The molecule has 0 aromatic heterocycles. The summed E-state index contributed by atoms with van der Waals surface area (Å²) in [6.07, 6.45) is -3.93. The minimum Gasteiger partial charge on any atom is -0.458 e. The van der Waals surface area contributed by atoms with Gasteiger partial charge in [0.25, 0.3) is 0 Å². The van der Waals surface area contributed by atoms with E-state index in [2.05, 4.69) is 0 Å². The second kappa shape index (κ2) is 10.0. The van der Waals surface area contributed by atoms with Crippen molar-refractivity contribution in [2.75, 3.05) is 13.2 Å². The van der Waals surface area contributed by atoms with E-state index in [-0.39, 0.29) is 44.1 Å². The maximum absolute atomic E-state index is 13.0. The van der Waals surface area contributed by atoms with Crippen LogP contribution in [0, 0.1) is 28.6 Å². The quantitative estimate of drug-likeness (QED) is 0.115. The minimum absolute atomic E-state index is 0.0667. The Bertz CT molecular complexity index is 1100. The second-order valence-electron chi connectivity index (χ2n) is 13.6. The first kappa shape index (κ1) is 29.6. The van der Waals surface area contributed by atoms with Gasteiger partial charge in [0.15, 0.2) is 6.29 Å². The van der Waals surface area contributed by atoms with E-state index < -0.39 is 83.4 Å². The summed E-state index contributed by atoms with van der Waals surface area (Å²) >= 11 is 0. The highest BCUT2D eigenvalue weighted by molar-refractivity contribution is 5.85. The molecule has 12 nitrogen and oxygen atoms in total. The lowest BCUT2D eigenvalue weighted by molar-refractivity contribution is -0.322. The molecule has 2 aliphatic heterocycles. The summed E-state index contributed by atoms with van der Waals surface area (Å²) in [4.78, 5) is 24.8. The smallest absolute Gasteiger partial charge is 0.331 e. The summed E-state index contributed by atoms with van der Waals surface area (Å²) < 4.78 is 16.6. The van der Waals surface area contributed by atoms with Crippen LogP contribution in [0.25, 0.3) is 0 Å². The average Bonchev–Trinajstić information content (AvgIpc) is 3.44. The van der Waals surface area contributed by atoms with Gasteiger partial charge in [0.2, 0.25) is 0 Å². The van der Waals surface area contributed by atoms with Crippen LogP contribution in [0.1, 0.15) is 58.3 Å². The standard InChI is InChI=1S/C29H42O12/c1-26-5-3-16-17(29(26,38)10-18(32)21(26)14-8-20(33)39-12-14)4-7-28(37)9-15(2-6-27(16,28)13-31)40-25-24(36)23(35)22(34)19(11-30)41-25/h8,13,15-19,21-25,30,32,34-38H,2-7,9-12H2,1H3/t15-,16-,17+,18-,19+,21+,22+,23-,24+,25+,26+,27-,28-,29-/m0/s1. The number of hydrogen-bond donors (Lipinski definition) is 7. The number of rotatable bonds is 5. The van der Waals surface area contributed by atoms with Crippen molar-refractivity contribution in [3.63, 3.8) is 0 Å². The van der Waals surface area contributed by atoms with E-state index >= 15 is 0 Å². The number of aliphatic hydroxyl groups excluding tert-OH is 5. The van der Waals surface area contributed by atoms with Crippen molar-refractivity contribution >= 4 is 12.3 Å². The average molecular weight is 583 g/mol. The van der Waals surface area contributed by atoms with Gasteiger partial charge in [0, 0.05) is 30.3 Å². The van der Waals surface area contributed by atoms with Gasteiger partial charge in [-0.15, -0.1) is 0 Å². The largest absolute Gasteiger partial charge is 0.458 e. The Balaban J connectivity index is 1.23. The minimum atomic E-state index is -1.59. The molecule has 6 aliphatic rings. The predicted molar refractivity (Wildman–Crippen MR) is 138 cm³/mol. The van der Waals surface area contributed by atoms with Crippen LogP contribution in [0.2, 0.25) is 0 Å². The number of ether oxygens (including phenoxy) is 3. The maximum Gasteiger partial charge on any atom is 0.331 e. The van der Waals surface area contributed by atoms with Crippen molar-refractivity contribution in [2.24, 2.45) is 28.6 Å². The Labute approximate surface area is 237 Å². The van der Waals surface area contributed by atoms with Crippen LogP contribution >= 0.6 is 0 Å². The van der Waals surface area contributed by atoms with Gasteiger partial charge in [-0.3, -0.25) is 0 Å². The molecule has 0 spiro atoms. The van der Waals surface area contributed by atoms with Gasteiger partial charge in [0.1, 0.15) is 37.3 Å². The van der Waals surface area contributed by atoms with E-state index in [4.69, 9.17) is 14.2 Å². The van der Waals surface area contributed by atoms with Gasteiger partial charge in [-0.1, -0.05) is 6.92 Å². The normalized spacial score (nSPS) is 54.9. The number of aliphatic hydroxyl groups is 7. The molecule has 5 fully saturated rings. The Morgan fingerprint density at radius 2 is 1.73 bits per heavy atom. The summed E-state index contributed by atoms with van der Waals surface area (Å²) in [6.45, 7) is 1.45. The molecule has 0 bridgehead atoms. The number of cyclic esters (lactones) is 1. The van der Waals surface area contributed by atoms with Gasteiger partial charge in [-0.25, -0.2) is 4.79 Å². The van der Waals surface area contributed by atoms with Gasteiger partial charge in [-0.2, -0.15) is 0 Å². The zero-order valence-electron chi connectivity index (χ0n) is 23.2. The molecule has 7 N–H and O–H groups in total. The lowest BCUT2D eigenvalue weighted by atomic mass is 9.41. The van der Waals surface area contributed by atoms with Crippen molar-refractivity contribution < 1.29 is 59.5 Å². The zero-order valence-corrected chi connectivity index (χ0v) is 23.2. The first-order chi connectivity index (χ1) is 19.3. The summed E-state index contributed by atoms with van der Waals surface area (Å²) in [5.41, 5.74) is -3.98. The van der Waals surface area contributed by atoms with E-state index in [1.807, 2.05) is 6.92 Å². The first-order valence-electron chi connectivity index (χ1n) is 14.8. The van der Waals surface area contributed by atoms with Crippen LogP contribution in [0.5, 0.6) is 0 Å². The molecular weight excluding hydrogens is 540 g/mol. The Kier molecular flexibility index (Phi) is 7.24. The fourth-order valence-corrected chi connectivity index (χ4v) is 9.88. The first-order valence-corrected chi connectivity index (χ1v) is 14.8. The van der Waals surface area contributed by atoms with Crippen LogP contribution in [0.4, 0.5) is 0 Å². The third kappa shape index (κ3) is 4.06. The highest BCUT2D eigenvalue weighted by Crippen LogP contribution is 2.70. The van der Waals surface area contributed by atoms with Crippen molar-refractivity contribution in [3.05, 3.63) is 11.6 Å². The fourth-order valence-electron chi connectivity index (χ4n) is 9.88. The van der Waals surface area contributed by atoms with Crippen LogP contribution in [0.15, 0.2) is 11.6 Å². The molecule has 12 heteroatoms. The molecule has 14 atom stereocenters. The summed E-state index contributed by atoms with van der Waals surface area (Å²) in [7, 11) is 0. The molecular formula is C29H42O12. The number of fused-ring (bicyclic) bond motifs is 5. The molecule has 0 radical (unpaired) electrons. The molecule has 6 rings (SSSR count). The Morgan fingerprint density at radius 3 is 2.39 bits per heavy atom. The molecule has 41 heavy (non-hydrogen) atoms. The number of aldehydes is 1. The van der Waals surface area contributed by atoms with Gasteiger partial charge < -0.3 is 54.8 Å². The fraction of sp³-hybridized carbons (Fsp3) is 0.862. The lowest BCUT2D eigenvalue weighted by Gasteiger charge is -2.65.